The molecule has 0 N–H and O–H groups in total. The van der Waals surface area contributed by atoms with Crippen molar-refractivity contribution in [1.82, 2.24) is 14.5 Å². The summed E-state index contributed by atoms with van der Waals surface area (Å²) >= 11 is 0. The lowest BCUT2D eigenvalue weighted by atomic mass is 10.2. The predicted octanol–water partition coefficient (Wildman–Crippen LogP) is 1.48. The first-order valence-corrected chi connectivity index (χ1v) is 5.30. The van der Waals surface area contributed by atoms with Gasteiger partial charge in [-0.05, 0) is 13.3 Å². The SMILES string of the molecule is CCCc1nccn1C(C)C(=O)N(C)C. The summed E-state index contributed by atoms with van der Waals surface area (Å²) in [5.74, 6) is 1.09. The van der Waals surface area contributed by atoms with Crippen LogP contribution in [0.5, 0.6) is 0 Å². The fraction of sp³-hybridized carbons (Fsp3) is 0.636. The molecule has 4 heteroatoms. The molecule has 1 aromatic heterocycles. The van der Waals surface area contributed by atoms with Gasteiger partial charge in [0.05, 0.1) is 0 Å². The summed E-state index contributed by atoms with van der Waals surface area (Å²) in [4.78, 5) is 17.6. The average Bonchev–Trinajstić information content (AvgIpc) is 2.64. The normalized spacial score (nSPS) is 12.5. The number of nitrogens with zero attached hydrogens (tertiary/aromatic N) is 3. The van der Waals surface area contributed by atoms with Crippen molar-refractivity contribution in [2.45, 2.75) is 32.7 Å². The number of carbonyl (C=O) groups excluding carboxylic acids is 1. The van der Waals surface area contributed by atoms with Crippen LogP contribution in [-0.2, 0) is 11.2 Å². The zero-order chi connectivity index (χ0) is 11.4. The summed E-state index contributed by atoms with van der Waals surface area (Å²) in [5, 5.41) is 0. The van der Waals surface area contributed by atoms with Crippen LogP contribution < -0.4 is 0 Å². The first-order chi connectivity index (χ1) is 7.07. The number of carbonyl (C=O) groups is 1. The van der Waals surface area contributed by atoms with Crippen molar-refractivity contribution in [2.75, 3.05) is 14.1 Å². The monoisotopic (exact) mass is 209 g/mol. The molecular formula is C11H19N3O. The highest BCUT2D eigenvalue weighted by Gasteiger charge is 2.18. The summed E-state index contributed by atoms with van der Waals surface area (Å²) in [6.45, 7) is 4.01. The fourth-order valence-electron chi connectivity index (χ4n) is 1.61. The summed E-state index contributed by atoms with van der Waals surface area (Å²) < 4.78 is 1.95. The van der Waals surface area contributed by atoms with E-state index in [-0.39, 0.29) is 11.9 Å². The Labute approximate surface area is 90.9 Å². The molecule has 0 bridgehead atoms. The first-order valence-electron chi connectivity index (χ1n) is 5.30. The fourth-order valence-corrected chi connectivity index (χ4v) is 1.61. The van der Waals surface area contributed by atoms with Gasteiger partial charge in [-0.2, -0.15) is 0 Å². The molecule has 1 rings (SSSR count). The van der Waals surface area contributed by atoms with Crippen molar-refractivity contribution in [1.29, 1.82) is 0 Å². The van der Waals surface area contributed by atoms with E-state index in [1.54, 1.807) is 25.2 Å². The van der Waals surface area contributed by atoms with Crippen LogP contribution >= 0.6 is 0 Å². The lowest BCUT2D eigenvalue weighted by Crippen LogP contribution is -2.30. The van der Waals surface area contributed by atoms with Gasteiger partial charge in [0, 0.05) is 32.9 Å². The second-order valence-corrected chi connectivity index (χ2v) is 3.91. The van der Waals surface area contributed by atoms with Gasteiger partial charge in [-0.3, -0.25) is 4.79 Å². The first kappa shape index (κ1) is 11.8. The molecule has 1 atom stereocenters. The lowest BCUT2D eigenvalue weighted by molar-refractivity contribution is -0.131. The van der Waals surface area contributed by atoms with Gasteiger partial charge in [0.15, 0.2) is 0 Å². The van der Waals surface area contributed by atoms with Gasteiger partial charge in [-0.15, -0.1) is 0 Å². The molecule has 84 valence electrons. The third-order valence-electron chi connectivity index (χ3n) is 2.44. The number of aromatic nitrogens is 2. The second kappa shape index (κ2) is 4.96. The smallest absolute Gasteiger partial charge is 0.244 e. The van der Waals surface area contributed by atoms with E-state index in [0.29, 0.717) is 0 Å². The molecule has 1 aromatic rings. The molecule has 0 saturated heterocycles. The van der Waals surface area contributed by atoms with Crippen molar-refractivity contribution in [3.05, 3.63) is 18.2 Å². The van der Waals surface area contributed by atoms with Crippen LogP contribution in [0.3, 0.4) is 0 Å². The topological polar surface area (TPSA) is 38.1 Å². The molecule has 0 aliphatic heterocycles. The molecular weight excluding hydrogens is 190 g/mol. The Morgan fingerprint density at radius 2 is 2.27 bits per heavy atom. The molecule has 15 heavy (non-hydrogen) atoms. The summed E-state index contributed by atoms with van der Waals surface area (Å²) in [6, 6.07) is -0.163. The number of hydrogen-bond acceptors (Lipinski definition) is 2. The van der Waals surface area contributed by atoms with Gasteiger partial charge in [0.25, 0.3) is 0 Å². The standard InChI is InChI=1S/C11H19N3O/c1-5-6-10-12-7-8-14(10)9(2)11(15)13(3)4/h7-9H,5-6H2,1-4H3. The van der Waals surface area contributed by atoms with Crippen molar-refractivity contribution < 1.29 is 4.79 Å². The molecule has 1 heterocycles. The molecule has 0 radical (unpaired) electrons. The summed E-state index contributed by atoms with van der Waals surface area (Å²) in [6.07, 6.45) is 5.58. The van der Waals surface area contributed by atoms with Gasteiger partial charge in [0.1, 0.15) is 11.9 Å². The van der Waals surface area contributed by atoms with E-state index in [0.717, 1.165) is 18.7 Å². The number of likely N-dealkylation sites (N-methyl/N-ethyl adjacent to an activating group) is 1. The Kier molecular flexibility index (Phi) is 3.88. The quantitative estimate of drug-likeness (QED) is 0.753. The molecule has 0 aromatic carbocycles. The third kappa shape index (κ3) is 2.58. The highest BCUT2D eigenvalue weighted by molar-refractivity contribution is 5.79. The molecule has 0 fully saturated rings. The van der Waals surface area contributed by atoms with Gasteiger partial charge in [-0.25, -0.2) is 4.98 Å². The predicted molar refractivity (Wildman–Crippen MR) is 59.6 cm³/mol. The highest BCUT2D eigenvalue weighted by atomic mass is 16.2. The maximum Gasteiger partial charge on any atom is 0.244 e. The largest absolute Gasteiger partial charge is 0.347 e. The van der Waals surface area contributed by atoms with E-state index in [2.05, 4.69) is 11.9 Å². The van der Waals surface area contributed by atoms with Crippen LogP contribution in [0, 0.1) is 0 Å². The maximum absolute atomic E-state index is 11.8. The Morgan fingerprint density at radius 3 is 2.80 bits per heavy atom. The molecule has 0 aliphatic rings. The van der Waals surface area contributed by atoms with Crippen molar-refractivity contribution in [2.24, 2.45) is 0 Å². The number of aryl methyl sites for hydroxylation is 1. The van der Waals surface area contributed by atoms with Crippen LogP contribution in [0.2, 0.25) is 0 Å². The number of hydrogen-bond donors (Lipinski definition) is 0. The minimum absolute atomic E-state index is 0.102. The number of rotatable bonds is 4. The molecule has 1 unspecified atom stereocenters. The van der Waals surface area contributed by atoms with Crippen molar-refractivity contribution in [3.8, 4) is 0 Å². The van der Waals surface area contributed by atoms with Crippen LogP contribution in [0.15, 0.2) is 12.4 Å². The van der Waals surface area contributed by atoms with Crippen LogP contribution in [-0.4, -0.2) is 34.5 Å². The molecule has 4 nitrogen and oxygen atoms in total. The Hall–Kier alpha value is -1.32. The minimum Gasteiger partial charge on any atom is -0.347 e. The van der Waals surface area contributed by atoms with Gasteiger partial charge < -0.3 is 9.47 Å². The van der Waals surface area contributed by atoms with Crippen LogP contribution in [0.4, 0.5) is 0 Å². The zero-order valence-corrected chi connectivity index (χ0v) is 9.90. The number of amides is 1. The summed E-state index contributed by atoms with van der Waals surface area (Å²) in [7, 11) is 3.55. The minimum atomic E-state index is -0.163. The molecule has 0 spiro atoms. The van der Waals surface area contributed by atoms with Crippen LogP contribution in [0.25, 0.3) is 0 Å². The third-order valence-corrected chi connectivity index (χ3v) is 2.44. The Balaban J connectivity index is 2.85. The number of imidazole rings is 1. The van der Waals surface area contributed by atoms with Gasteiger partial charge >= 0.3 is 0 Å². The Morgan fingerprint density at radius 1 is 1.60 bits per heavy atom. The van der Waals surface area contributed by atoms with Gasteiger partial charge in [0.2, 0.25) is 5.91 Å². The van der Waals surface area contributed by atoms with E-state index in [9.17, 15) is 4.79 Å². The van der Waals surface area contributed by atoms with E-state index < -0.39 is 0 Å². The molecule has 0 saturated carbocycles. The van der Waals surface area contributed by atoms with Gasteiger partial charge in [-0.1, -0.05) is 6.92 Å². The van der Waals surface area contributed by atoms with Crippen molar-refractivity contribution >= 4 is 5.91 Å². The van der Waals surface area contributed by atoms with E-state index in [1.165, 1.54) is 0 Å². The van der Waals surface area contributed by atoms with E-state index in [4.69, 9.17) is 0 Å². The highest BCUT2D eigenvalue weighted by Crippen LogP contribution is 2.12. The van der Waals surface area contributed by atoms with Crippen LogP contribution in [0.1, 0.15) is 32.1 Å². The Bertz CT molecular complexity index is 330. The average molecular weight is 209 g/mol. The summed E-state index contributed by atoms with van der Waals surface area (Å²) in [5.41, 5.74) is 0. The molecule has 0 aliphatic carbocycles. The lowest BCUT2D eigenvalue weighted by Gasteiger charge is -2.19. The maximum atomic E-state index is 11.8. The zero-order valence-electron chi connectivity index (χ0n) is 9.90. The van der Waals surface area contributed by atoms with Crippen molar-refractivity contribution in [3.63, 3.8) is 0 Å². The van der Waals surface area contributed by atoms with E-state index >= 15 is 0 Å². The van der Waals surface area contributed by atoms with E-state index in [1.807, 2.05) is 17.7 Å². The molecule has 1 amide bonds. The second-order valence-electron chi connectivity index (χ2n) is 3.91.